The van der Waals surface area contributed by atoms with Crippen molar-refractivity contribution in [2.24, 2.45) is 0 Å². The standard InChI is InChI=1S/C31H32F3N5O2/c1-35-24-6-2-22(3-7-24)21-38-16-11-25(12-17-38)37-30(40)29-20-28(10-15-36-29)41-27-13-18-39(19-14-27)26-8-4-23(5-9-26)31(32,33)34/h2-10,15,20,25,27H,11-14,16-19,21H2,(H,37,40). The van der Waals surface area contributed by atoms with Gasteiger partial charge in [-0.3, -0.25) is 14.7 Å². The van der Waals surface area contributed by atoms with E-state index in [1.807, 2.05) is 24.3 Å². The first-order chi connectivity index (χ1) is 19.8. The van der Waals surface area contributed by atoms with Crippen molar-refractivity contribution < 1.29 is 22.7 Å². The summed E-state index contributed by atoms with van der Waals surface area (Å²) in [5.74, 6) is 0.359. The molecule has 10 heteroatoms. The van der Waals surface area contributed by atoms with Crippen LogP contribution < -0.4 is 15.0 Å². The zero-order valence-corrected chi connectivity index (χ0v) is 22.6. The Labute approximate surface area is 237 Å². The lowest BCUT2D eigenvalue weighted by molar-refractivity contribution is -0.137. The molecular weight excluding hydrogens is 531 g/mol. The summed E-state index contributed by atoms with van der Waals surface area (Å²) in [6.07, 6.45) is 0.301. The first kappa shape index (κ1) is 28.4. The van der Waals surface area contributed by atoms with Crippen molar-refractivity contribution in [3.8, 4) is 5.75 Å². The molecule has 2 fully saturated rings. The Morgan fingerprint density at radius 1 is 0.976 bits per heavy atom. The second kappa shape index (κ2) is 12.6. The van der Waals surface area contributed by atoms with Gasteiger partial charge < -0.3 is 15.0 Å². The van der Waals surface area contributed by atoms with Crippen molar-refractivity contribution in [2.75, 3.05) is 31.1 Å². The molecule has 2 saturated heterocycles. The van der Waals surface area contributed by atoms with Crippen LogP contribution in [0.15, 0.2) is 66.9 Å². The fourth-order valence-corrected chi connectivity index (χ4v) is 5.32. The van der Waals surface area contributed by atoms with E-state index in [-0.39, 0.29) is 18.1 Å². The van der Waals surface area contributed by atoms with Crippen LogP contribution in [0, 0.1) is 6.57 Å². The maximum Gasteiger partial charge on any atom is 0.416 e. The van der Waals surface area contributed by atoms with Crippen molar-refractivity contribution in [3.05, 3.63) is 95.1 Å². The Kier molecular flexibility index (Phi) is 8.74. The number of likely N-dealkylation sites (tertiary alicyclic amines) is 1. The number of anilines is 1. The minimum atomic E-state index is -4.34. The van der Waals surface area contributed by atoms with Gasteiger partial charge in [-0.1, -0.05) is 24.3 Å². The molecule has 7 nitrogen and oxygen atoms in total. The highest BCUT2D eigenvalue weighted by molar-refractivity contribution is 5.92. The van der Waals surface area contributed by atoms with Gasteiger partial charge >= 0.3 is 6.18 Å². The molecule has 0 spiro atoms. The lowest BCUT2D eigenvalue weighted by atomic mass is 10.0. The predicted molar refractivity (Wildman–Crippen MR) is 150 cm³/mol. The van der Waals surface area contributed by atoms with Crippen molar-refractivity contribution in [1.82, 2.24) is 15.2 Å². The van der Waals surface area contributed by atoms with Crippen LogP contribution in [0.4, 0.5) is 24.5 Å². The van der Waals surface area contributed by atoms with E-state index in [1.54, 1.807) is 18.3 Å². The van der Waals surface area contributed by atoms with Crippen LogP contribution in [0.5, 0.6) is 5.75 Å². The maximum absolute atomic E-state index is 12.9. The van der Waals surface area contributed by atoms with Crippen molar-refractivity contribution >= 4 is 17.3 Å². The van der Waals surface area contributed by atoms with Gasteiger partial charge in [0.2, 0.25) is 0 Å². The number of hydrogen-bond acceptors (Lipinski definition) is 5. The molecule has 0 unspecified atom stereocenters. The van der Waals surface area contributed by atoms with Gasteiger partial charge in [-0.05, 0) is 48.7 Å². The lowest BCUT2D eigenvalue weighted by Crippen LogP contribution is -2.44. The number of pyridine rings is 1. The number of rotatable bonds is 7. The number of piperidine rings is 2. The minimum absolute atomic E-state index is 0.0547. The van der Waals surface area contributed by atoms with Gasteiger partial charge in [-0.25, -0.2) is 4.85 Å². The lowest BCUT2D eigenvalue weighted by Gasteiger charge is -2.34. The van der Waals surface area contributed by atoms with E-state index in [0.29, 0.717) is 43.1 Å². The van der Waals surface area contributed by atoms with Crippen molar-refractivity contribution in [2.45, 2.75) is 50.6 Å². The first-order valence-corrected chi connectivity index (χ1v) is 13.8. The Morgan fingerprint density at radius 3 is 2.29 bits per heavy atom. The number of aromatic nitrogens is 1. The fraction of sp³-hybridized carbons (Fsp3) is 0.387. The highest BCUT2D eigenvalue weighted by Crippen LogP contribution is 2.31. The third kappa shape index (κ3) is 7.55. The van der Waals surface area contributed by atoms with Crippen LogP contribution in [-0.2, 0) is 12.7 Å². The second-order valence-corrected chi connectivity index (χ2v) is 10.5. The van der Waals surface area contributed by atoms with Crippen molar-refractivity contribution in [1.29, 1.82) is 0 Å². The zero-order valence-electron chi connectivity index (χ0n) is 22.6. The van der Waals surface area contributed by atoms with Gasteiger partial charge in [-0.15, -0.1) is 0 Å². The maximum atomic E-state index is 12.9. The van der Waals surface area contributed by atoms with Crippen molar-refractivity contribution in [3.63, 3.8) is 0 Å². The molecule has 5 rings (SSSR count). The van der Waals surface area contributed by atoms with Crippen LogP contribution in [0.1, 0.15) is 47.3 Å². The Morgan fingerprint density at radius 2 is 1.66 bits per heavy atom. The fourth-order valence-electron chi connectivity index (χ4n) is 5.32. The molecule has 3 aromatic rings. The molecule has 1 aromatic heterocycles. The molecule has 214 valence electrons. The normalized spacial score (nSPS) is 17.2. The summed E-state index contributed by atoms with van der Waals surface area (Å²) in [6.45, 7) is 11.0. The predicted octanol–water partition coefficient (Wildman–Crippen LogP) is 6.09. The largest absolute Gasteiger partial charge is 0.490 e. The summed E-state index contributed by atoms with van der Waals surface area (Å²) < 4.78 is 44.7. The molecule has 0 saturated carbocycles. The third-order valence-electron chi connectivity index (χ3n) is 7.66. The summed E-state index contributed by atoms with van der Waals surface area (Å²) in [4.78, 5) is 25.0. The summed E-state index contributed by atoms with van der Waals surface area (Å²) >= 11 is 0. The molecular formula is C31H32F3N5O2. The smallest absolute Gasteiger partial charge is 0.416 e. The van der Waals surface area contributed by atoms with Gasteiger partial charge in [0.25, 0.3) is 5.91 Å². The van der Waals surface area contributed by atoms with E-state index < -0.39 is 11.7 Å². The number of halogens is 3. The summed E-state index contributed by atoms with van der Waals surface area (Å²) in [7, 11) is 0. The summed E-state index contributed by atoms with van der Waals surface area (Å²) in [5.41, 5.74) is 2.24. The van der Waals surface area contributed by atoms with Crippen LogP contribution in [0.2, 0.25) is 0 Å². The highest BCUT2D eigenvalue weighted by atomic mass is 19.4. The molecule has 2 aliphatic heterocycles. The molecule has 2 aliphatic rings. The zero-order chi connectivity index (χ0) is 28.8. The minimum Gasteiger partial charge on any atom is -0.490 e. The van der Waals surface area contributed by atoms with Crippen LogP contribution in [0.25, 0.3) is 4.85 Å². The first-order valence-electron chi connectivity index (χ1n) is 13.8. The molecule has 41 heavy (non-hydrogen) atoms. The molecule has 1 N–H and O–H groups in total. The molecule has 2 aromatic carbocycles. The molecule has 0 aliphatic carbocycles. The molecule has 0 atom stereocenters. The van der Waals surface area contributed by atoms with E-state index in [9.17, 15) is 18.0 Å². The van der Waals surface area contributed by atoms with E-state index >= 15 is 0 Å². The molecule has 1 amide bonds. The Hall–Kier alpha value is -4.10. The van der Waals surface area contributed by atoms with E-state index in [2.05, 4.69) is 24.9 Å². The monoisotopic (exact) mass is 563 g/mol. The highest BCUT2D eigenvalue weighted by Gasteiger charge is 2.30. The topological polar surface area (TPSA) is 62.1 Å². The van der Waals surface area contributed by atoms with E-state index in [1.165, 1.54) is 17.7 Å². The third-order valence-corrected chi connectivity index (χ3v) is 7.66. The number of ether oxygens (including phenoxy) is 1. The van der Waals surface area contributed by atoms with Gasteiger partial charge in [0, 0.05) is 69.6 Å². The van der Waals surface area contributed by atoms with Crippen LogP contribution in [0.3, 0.4) is 0 Å². The number of amides is 1. The number of alkyl halides is 3. The number of carbonyl (C=O) groups excluding carboxylic acids is 1. The summed E-state index contributed by atoms with van der Waals surface area (Å²) in [6, 6.07) is 16.4. The van der Waals surface area contributed by atoms with Gasteiger partial charge in [0.1, 0.15) is 17.5 Å². The quantitative estimate of drug-likeness (QED) is 0.353. The summed E-state index contributed by atoms with van der Waals surface area (Å²) in [5, 5.41) is 3.11. The van der Waals surface area contributed by atoms with Gasteiger partial charge in [0.15, 0.2) is 5.69 Å². The molecule has 3 heterocycles. The number of benzene rings is 2. The van der Waals surface area contributed by atoms with Gasteiger partial charge in [0.05, 0.1) is 12.1 Å². The number of nitrogens with zero attached hydrogens (tertiary/aromatic N) is 4. The SMILES string of the molecule is [C-]#[N+]c1ccc(CN2CCC(NC(=O)c3cc(OC4CCN(c5ccc(C(F)(F)F)cc5)CC4)ccn3)CC2)cc1. The Bertz CT molecular complexity index is 1360. The van der Waals surface area contributed by atoms with Crippen LogP contribution in [-0.4, -0.2) is 54.1 Å². The molecule has 0 radical (unpaired) electrons. The molecule has 0 bridgehead atoms. The second-order valence-electron chi connectivity index (χ2n) is 10.5. The number of carbonyl (C=O) groups is 1. The van der Waals surface area contributed by atoms with Gasteiger partial charge in [-0.2, -0.15) is 13.2 Å². The van der Waals surface area contributed by atoms with E-state index in [4.69, 9.17) is 11.3 Å². The van der Waals surface area contributed by atoms with Crippen LogP contribution >= 0.6 is 0 Å². The Balaban J connectivity index is 1.07. The van der Waals surface area contributed by atoms with E-state index in [0.717, 1.165) is 50.3 Å². The number of nitrogens with one attached hydrogen (secondary N) is 1. The average molecular weight is 564 g/mol. The number of hydrogen-bond donors (Lipinski definition) is 1. The average Bonchev–Trinajstić information content (AvgIpc) is 2.99.